The van der Waals surface area contributed by atoms with E-state index >= 15 is 0 Å². The van der Waals surface area contributed by atoms with Crippen LogP contribution in [0.1, 0.15) is 63.5 Å². The van der Waals surface area contributed by atoms with Gasteiger partial charge in [-0.25, -0.2) is 0 Å². The van der Waals surface area contributed by atoms with Crippen molar-refractivity contribution in [3.63, 3.8) is 0 Å². The van der Waals surface area contributed by atoms with Gasteiger partial charge in [0.1, 0.15) is 11.8 Å². The second-order valence-electron chi connectivity index (χ2n) is 10.4. The standard InChI is InChI=1S/C30H38N4O6/c1-8-20-12-14-21(15-13-20)34(26(36)17-16-25(35)31-24-18-19(2)40-33-24)27(29(37)32-30(3,4)5)22-10-9-11-23(38-6)28(22)39-7/h9-15,18,27H,8,16-17H2,1-7H3,(H,32,37)(H,31,33,35)/t27-/m0/s1. The van der Waals surface area contributed by atoms with Crippen LogP contribution >= 0.6 is 0 Å². The van der Waals surface area contributed by atoms with Crippen LogP contribution in [0.4, 0.5) is 11.5 Å². The van der Waals surface area contributed by atoms with Gasteiger partial charge < -0.3 is 24.6 Å². The van der Waals surface area contributed by atoms with Crippen LogP contribution in [0.25, 0.3) is 0 Å². The number of carbonyl (C=O) groups is 3. The van der Waals surface area contributed by atoms with Crippen molar-refractivity contribution in [3.8, 4) is 11.5 Å². The van der Waals surface area contributed by atoms with Crippen molar-refractivity contribution < 1.29 is 28.4 Å². The molecule has 0 spiro atoms. The van der Waals surface area contributed by atoms with Gasteiger partial charge in [-0.15, -0.1) is 0 Å². The first-order valence-electron chi connectivity index (χ1n) is 13.1. The van der Waals surface area contributed by atoms with Crippen LogP contribution in [0.2, 0.25) is 0 Å². The number of carbonyl (C=O) groups excluding carboxylic acids is 3. The number of aryl methyl sites for hydroxylation is 2. The molecule has 0 bridgehead atoms. The molecule has 10 heteroatoms. The van der Waals surface area contributed by atoms with Crippen molar-refractivity contribution in [2.75, 3.05) is 24.4 Å². The number of rotatable bonds is 11. The van der Waals surface area contributed by atoms with Gasteiger partial charge in [0.05, 0.1) is 14.2 Å². The second-order valence-corrected chi connectivity index (χ2v) is 10.4. The molecule has 2 N–H and O–H groups in total. The number of hydrogen-bond acceptors (Lipinski definition) is 7. The average molecular weight is 551 g/mol. The van der Waals surface area contributed by atoms with Crippen molar-refractivity contribution in [2.45, 2.75) is 65.5 Å². The number of hydrogen-bond donors (Lipinski definition) is 2. The van der Waals surface area contributed by atoms with Crippen LogP contribution in [0, 0.1) is 6.92 Å². The first-order valence-corrected chi connectivity index (χ1v) is 13.1. The summed E-state index contributed by atoms with van der Waals surface area (Å²) in [5.74, 6) is 0.339. The van der Waals surface area contributed by atoms with Gasteiger partial charge in [0, 0.05) is 35.7 Å². The Kier molecular flexibility index (Phi) is 9.93. The zero-order valence-corrected chi connectivity index (χ0v) is 24.2. The zero-order valence-electron chi connectivity index (χ0n) is 24.2. The van der Waals surface area contributed by atoms with Crippen LogP contribution in [-0.2, 0) is 20.8 Å². The Hall–Kier alpha value is -4.34. The number of para-hydroxylation sites is 1. The molecule has 0 aliphatic rings. The van der Waals surface area contributed by atoms with Crippen LogP contribution in [-0.4, -0.2) is 42.6 Å². The Bertz CT molecular complexity index is 1330. The zero-order chi connectivity index (χ0) is 29.4. The van der Waals surface area contributed by atoms with Gasteiger partial charge in [0.15, 0.2) is 17.3 Å². The van der Waals surface area contributed by atoms with Crippen LogP contribution in [0.5, 0.6) is 11.5 Å². The molecule has 1 heterocycles. The molecular formula is C30H38N4O6. The molecule has 0 aliphatic heterocycles. The molecular weight excluding hydrogens is 512 g/mol. The fourth-order valence-corrected chi connectivity index (χ4v) is 4.26. The summed E-state index contributed by atoms with van der Waals surface area (Å²) in [6.07, 6.45) is 0.522. The molecule has 10 nitrogen and oxygen atoms in total. The Morgan fingerprint density at radius 1 is 1.02 bits per heavy atom. The number of nitrogens with one attached hydrogen (secondary N) is 2. The predicted octanol–water partition coefficient (Wildman–Crippen LogP) is 4.97. The van der Waals surface area contributed by atoms with Gasteiger partial charge in [-0.2, -0.15) is 0 Å². The van der Waals surface area contributed by atoms with Gasteiger partial charge in [0.2, 0.25) is 17.7 Å². The summed E-state index contributed by atoms with van der Waals surface area (Å²) < 4.78 is 16.2. The lowest BCUT2D eigenvalue weighted by atomic mass is 9.98. The van der Waals surface area contributed by atoms with Crippen molar-refractivity contribution in [1.29, 1.82) is 0 Å². The number of ether oxygens (including phenoxy) is 2. The molecule has 0 saturated heterocycles. The van der Waals surface area contributed by atoms with E-state index in [-0.39, 0.29) is 18.7 Å². The molecule has 0 fully saturated rings. The fraction of sp³-hybridized carbons (Fsp3) is 0.400. The largest absolute Gasteiger partial charge is 0.493 e. The SMILES string of the molecule is CCc1ccc(N(C(=O)CCC(=O)Nc2cc(C)on2)[C@H](C(=O)NC(C)(C)C)c2cccc(OC)c2OC)cc1. The lowest BCUT2D eigenvalue weighted by Gasteiger charge is -2.34. The highest BCUT2D eigenvalue weighted by Crippen LogP contribution is 2.39. The molecule has 0 unspecified atom stereocenters. The number of anilines is 2. The minimum Gasteiger partial charge on any atom is -0.493 e. The third-order valence-corrected chi connectivity index (χ3v) is 6.09. The van der Waals surface area contributed by atoms with E-state index in [9.17, 15) is 14.4 Å². The van der Waals surface area contributed by atoms with E-state index in [0.29, 0.717) is 28.5 Å². The number of nitrogens with zero attached hydrogens (tertiary/aromatic N) is 2. The summed E-state index contributed by atoms with van der Waals surface area (Å²) in [4.78, 5) is 42.0. The fourth-order valence-electron chi connectivity index (χ4n) is 4.26. The van der Waals surface area contributed by atoms with Gasteiger partial charge in [-0.1, -0.05) is 36.3 Å². The lowest BCUT2D eigenvalue weighted by Crippen LogP contribution is -2.49. The minimum atomic E-state index is -1.12. The second kappa shape index (κ2) is 13.1. The Morgan fingerprint density at radius 2 is 1.73 bits per heavy atom. The van der Waals surface area contributed by atoms with Gasteiger partial charge in [0.25, 0.3) is 0 Å². The average Bonchev–Trinajstić information content (AvgIpc) is 3.32. The highest BCUT2D eigenvalue weighted by molar-refractivity contribution is 6.03. The van der Waals surface area contributed by atoms with E-state index in [2.05, 4.69) is 15.8 Å². The third-order valence-electron chi connectivity index (χ3n) is 6.09. The third kappa shape index (κ3) is 7.62. The van der Waals surface area contributed by atoms with Gasteiger partial charge >= 0.3 is 0 Å². The smallest absolute Gasteiger partial charge is 0.248 e. The monoisotopic (exact) mass is 550 g/mol. The Labute approximate surface area is 235 Å². The first-order chi connectivity index (χ1) is 19.0. The normalized spacial score (nSPS) is 11.9. The van der Waals surface area contributed by atoms with Crippen LogP contribution < -0.4 is 25.0 Å². The number of amides is 3. The van der Waals surface area contributed by atoms with E-state index in [1.165, 1.54) is 19.1 Å². The summed E-state index contributed by atoms with van der Waals surface area (Å²) in [7, 11) is 2.99. The van der Waals surface area contributed by atoms with Crippen molar-refractivity contribution >= 4 is 29.2 Å². The summed E-state index contributed by atoms with van der Waals surface area (Å²) in [6, 6.07) is 13.1. The van der Waals surface area contributed by atoms with Crippen molar-refractivity contribution in [3.05, 3.63) is 65.4 Å². The van der Waals surface area contributed by atoms with Gasteiger partial charge in [-0.3, -0.25) is 19.3 Å². The predicted molar refractivity (Wildman–Crippen MR) is 153 cm³/mol. The molecule has 3 aromatic rings. The molecule has 2 aromatic carbocycles. The lowest BCUT2D eigenvalue weighted by molar-refractivity contribution is -0.128. The molecule has 1 atom stereocenters. The molecule has 0 saturated carbocycles. The Balaban J connectivity index is 2.06. The molecule has 214 valence electrons. The number of aromatic nitrogens is 1. The quantitative estimate of drug-likeness (QED) is 0.346. The minimum absolute atomic E-state index is 0.128. The van der Waals surface area contributed by atoms with E-state index < -0.39 is 29.3 Å². The summed E-state index contributed by atoms with van der Waals surface area (Å²) in [6.45, 7) is 9.34. The number of benzene rings is 2. The molecule has 3 rings (SSSR count). The maximum absolute atomic E-state index is 14.0. The molecule has 1 aromatic heterocycles. The number of methoxy groups -OCH3 is 2. The maximum atomic E-state index is 14.0. The highest BCUT2D eigenvalue weighted by Gasteiger charge is 2.37. The topological polar surface area (TPSA) is 123 Å². The van der Waals surface area contributed by atoms with Gasteiger partial charge in [-0.05, 0) is 57.9 Å². The van der Waals surface area contributed by atoms with E-state index in [4.69, 9.17) is 14.0 Å². The summed E-state index contributed by atoms with van der Waals surface area (Å²) in [5, 5.41) is 9.40. The highest BCUT2D eigenvalue weighted by atomic mass is 16.5. The van der Waals surface area contributed by atoms with Crippen LogP contribution in [0.3, 0.4) is 0 Å². The van der Waals surface area contributed by atoms with Crippen LogP contribution in [0.15, 0.2) is 53.1 Å². The first kappa shape index (κ1) is 30.2. The van der Waals surface area contributed by atoms with Crippen molar-refractivity contribution in [2.24, 2.45) is 0 Å². The van der Waals surface area contributed by atoms with E-state index in [0.717, 1.165) is 12.0 Å². The molecule has 0 aliphatic carbocycles. The summed E-state index contributed by atoms with van der Waals surface area (Å²) >= 11 is 0. The maximum Gasteiger partial charge on any atom is 0.248 e. The Morgan fingerprint density at radius 3 is 2.27 bits per heavy atom. The molecule has 3 amide bonds. The van der Waals surface area contributed by atoms with E-state index in [1.807, 2.05) is 39.8 Å². The van der Waals surface area contributed by atoms with E-state index in [1.54, 1.807) is 43.3 Å². The summed E-state index contributed by atoms with van der Waals surface area (Å²) in [5.41, 5.74) is 1.44. The molecule has 40 heavy (non-hydrogen) atoms. The molecule has 0 radical (unpaired) electrons. The van der Waals surface area contributed by atoms with Crippen molar-refractivity contribution in [1.82, 2.24) is 10.5 Å².